The van der Waals surface area contributed by atoms with E-state index in [0.717, 1.165) is 5.56 Å². The molecular weight excluding hydrogens is 324 g/mol. The molecule has 0 aliphatic carbocycles. The van der Waals surface area contributed by atoms with E-state index in [9.17, 15) is 13.2 Å². The molecule has 5 nitrogen and oxygen atoms in total. The standard InChI is InChI=1S/C18H20N2O3S/c1-2-12-19-18(21)16-9-6-10-17(14-16)24(22,23)20-13-11-15-7-4-3-5-8-15/h2-10,14,20H,1,11-13H2,(H,19,21). The zero-order chi connectivity index (χ0) is 17.4. The van der Waals surface area contributed by atoms with Gasteiger partial charge >= 0.3 is 0 Å². The van der Waals surface area contributed by atoms with Crippen molar-refractivity contribution >= 4 is 15.9 Å². The van der Waals surface area contributed by atoms with Crippen LogP contribution in [0.15, 0.2) is 72.1 Å². The minimum Gasteiger partial charge on any atom is -0.349 e. The Labute approximate surface area is 142 Å². The van der Waals surface area contributed by atoms with Crippen LogP contribution in [-0.2, 0) is 16.4 Å². The van der Waals surface area contributed by atoms with Gasteiger partial charge in [-0.15, -0.1) is 6.58 Å². The second-order valence-corrected chi connectivity index (χ2v) is 6.93. The highest BCUT2D eigenvalue weighted by Crippen LogP contribution is 2.11. The first kappa shape index (κ1) is 17.9. The highest BCUT2D eigenvalue weighted by Gasteiger charge is 2.15. The van der Waals surface area contributed by atoms with E-state index in [4.69, 9.17) is 0 Å². The number of rotatable bonds is 8. The Hall–Kier alpha value is -2.44. The van der Waals surface area contributed by atoms with Gasteiger partial charge in [-0.2, -0.15) is 0 Å². The molecular formula is C18H20N2O3S. The zero-order valence-corrected chi connectivity index (χ0v) is 14.1. The van der Waals surface area contributed by atoms with Gasteiger partial charge in [0.1, 0.15) is 0 Å². The molecule has 6 heteroatoms. The Balaban J connectivity index is 2.03. The number of hydrogen-bond donors (Lipinski definition) is 2. The van der Waals surface area contributed by atoms with E-state index in [0.29, 0.717) is 25.1 Å². The molecule has 0 spiro atoms. The van der Waals surface area contributed by atoms with Crippen LogP contribution in [0.3, 0.4) is 0 Å². The molecule has 0 saturated heterocycles. The Kier molecular flexibility index (Phi) is 6.28. The SMILES string of the molecule is C=CCNC(=O)c1cccc(S(=O)(=O)NCCc2ccccc2)c1. The minimum atomic E-state index is -3.66. The van der Waals surface area contributed by atoms with E-state index in [1.807, 2.05) is 30.3 Å². The second kappa shape index (κ2) is 8.42. The Bertz CT molecular complexity index is 802. The summed E-state index contributed by atoms with van der Waals surface area (Å²) in [5, 5.41) is 2.62. The number of nitrogens with one attached hydrogen (secondary N) is 2. The molecule has 0 radical (unpaired) electrons. The van der Waals surface area contributed by atoms with E-state index in [1.54, 1.807) is 18.2 Å². The molecule has 0 unspecified atom stereocenters. The number of amides is 1. The summed E-state index contributed by atoms with van der Waals surface area (Å²) in [7, 11) is -3.66. The number of benzene rings is 2. The fourth-order valence-electron chi connectivity index (χ4n) is 2.13. The molecule has 1 amide bonds. The summed E-state index contributed by atoms with van der Waals surface area (Å²) in [6.07, 6.45) is 2.16. The molecule has 0 heterocycles. The maximum Gasteiger partial charge on any atom is 0.251 e. The first-order valence-electron chi connectivity index (χ1n) is 7.55. The monoisotopic (exact) mass is 344 g/mol. The summed E-state index contributed by atoms with van der Waals surface area (Å²) in [4.78, 5) is 12.0. The van der Waals surface area contributed by atoms with E-state index in [-0.39, 0.29) is 10.8 Å². The van der Waals surface area contributed by atoms with Crippen molar-refractivity contribution in [1.29, 1.82) is 0 Å². The van der Waals surface area contributed by atoms with Crippen molar-refractivity contribution < 1.29 is 13.2 Å². The van der Waals surface area contributed by atoms with Crippen molar-refractivity contribution in [3.63, 3.8) is 0 Å². The van der Waals surface area contributed by atoms with Crippen LogP contribution >= 0.6 is 0 Å². The van der Waals surface area contributed by atoms with Crippen molar-refractivity contribution in [1.82, 2.24) is 10.0 Å². The van der Waals surface area contributed by atoms with Gasteiger partial charge in [-0.1, -0.05) is 42.5 Å². The van der Waals surface area contributed by atoms with Crippen LogP contribution in [0, 0.1) is 0 Å². The average Bonchev–Trinajstić information content (AvgIpc) is 2.60. The van der Waals surface area contributed by atoms with Crippen LogP contribution in [0.1, 0.15) is 15.9 Å². The third-order valence-electron chi connectivity index (χ3n) is 3.36. The van der Waals surface area contributed by atoms with Gasteiger partial charge in [-0.3, -0.25) is 4.79 Å². The summed E-state index contributed by atoms with van der Waals surface area (Å²) in [5.74, 6) is -0.337. The maximum absolute atomic E-state index is 12.4. The number of carbonyl (C=O) groups excluding carboxylic acids is 1. The second-order valence-electron chi connectivity index (χ2n) is 5.16. The van der Waals surface area contributed by atoms with Crippen LogP contribution < -0.4 is 10.0 Å². The first-order valence-corrected chi connectivity index (χ1v) is 9.04. The maximum atomic E-state index is 12.4. The van der Waals surface area contributed by atoms with Gasteiger partial charge < -0.3 is 5.32 Å². The molecule has 0 atom stereocenters. The van der Waals surface area contributed by atoms with Crippen LogP contribution in [0.5, 0.6) is 0 Å². The van der Waals surface area contributed by atoms with Gasteiger partial charge in [-0.25, -0.2) is 13.1 Å². The van der Waals surface area contributed by atoms with Crippen molar-refractivity contribution in [2.45, 2.75) is 11.3 Å². The third kappa shape index (κ3) is 5.04. The van der Waals surface area contributed by atoms with Crippen molar-refractivity contribution in [3.8, 4) is 0 Å². The van der Waals surface area contributed by atoms with E-state index >= 15 is 0 Å². The lowest BCUT2D eigenvalue weighted by Crippen LogP contribution is -2.27. The van der Waals surface area contributed by atoms with E-state index in [2.05, 4.69) is 16.6 Å². The lowest BCUT2D eigenvalue weighted by Gasteiger charge is -2.08. The van der Waals surface area contributed by atoms with Crippen molar-refractivity contribution in [3.05, 3.63) is 78.4 Å². The summed E-state index contributed by atoms with van der Waals surface area (Å²) in [6, 6.07) is 15.6. The molecule has 0 bridgehead atoms. The van der Waals surface area contributed by atoms with E-state index < -0.39 is 10.0 Å². The van der Waals surface area contributed by atoms with Crippen LogP contribution in [0.25, 0.3) is 0 Å². The fraction of sp³-hybridized carbons (Fsp3) is 0.167. The van der Waals surface area contributed by atoms with E-state index in [1.165, 1.54) is 12.1 Å². The fourth-order valence-corrected chi connectivity index (χ4v) is 3.21. The van der Waals surface area contributed by atoms with Crippen molar-refractivity contribution in [2.75, 3.05) is 13.1 Å². The van der Waals surface area contributed by atoms with Crippen LogP contribution in [0.2, 0.25) is 0 Å². The molecule has 24 heavy (non-hydrogen) atoms. The average molecular weight is 344 g/mol. The smallest absolute Gasteiger partial charge is 0.251 e. The topological polar surface area (TPSA) is 75.3 Å². The molecule has 2 aromatic carbocycles. The Morgan fingerprint density at radius 1 is 1.08 bits per heavy atom. The number of hydrogen-bond acceptors (Lipinski definition) is 3. The minimum absolute atomic E-state index is 0.0711. The molecule has 0 saturated carbocycles. The lowest BCUT2D eigenvalue weighted by molar-refractivity contribution is 0.0958. The molecule has 2 N–H and O–H groups in total. The highest BCUT2D eigenvalue weighted by molar-refractivity contribution is 7.89. The van der Waals surface area contributed by atoms with Crippen molar-refractivity contribution in [2.24, 2.45) is 0 Å². The highest BCUT2D eigenvalue weighted by atomic mass is 32.2. The quantitative estimate of drug-likeness (QED) is 0.720. The van der Waals surface area contributed by atoms with Gasteiger partial charge in [0.25, 0.3) is 5.91 Å². The van der Waals surface area contributed by atoms with Gasteiger partial charge in [0.2, 0.25) is 10.0 Å². The Morgan fingerprint density at radius 2 is 1.83 bits per heavy atom. The normalized spacial score (nSPS) is 11.0. The van der Waals surface area contributed by atoms with Crippen LogP contribution in [0.4, 0.5) is 0 Å². The third-order valence-corrected chi connectivity index (χ3v) is 4.82. The molecule has 2 aromatic rings. The van der Waals surface area contributed by atoms with Gasteiger partial charge in [0, 0.05) is 18.7 Å². The number of carbonyl (C=O) groups is 1. The summed E-state index contributed by atoms with van der Waals surface area (Å²) >= 11 is 0. The summed E-state index contributed by atoms with van der Waals surface area (Å²) in [6.45, 7) is 4.14. The van der Waals surface area contributed by atoms with Crippen LogP contribution in [-0.4, -0.2) is 27.4 Å². The molecule has 126 valence electrons. The largest absolute Gasteiger partial charge is 0.349 e. The lowest BCUT2D eigenvalue weighted by atomic mass is 10.2. The summed E-state index contributed by atoms with van der Waals surface area (Å²) in [5.41, 5.74) is 1.35. The molecule has 0 aliphatic heterocycles. The van der Waals surface area contributed by atoms with Gasteiger partial charge in [0.05, 0.1) is 4.90 Å². The molecule has 0 aliphatic rings. The number of sulfonamides is 1. The summed E-state index contributed by atoms with van der Waals surface area (Å²) < 4.78 is 27.3. The predicted molar refractivity (Wildman–Crippen MR) is 94.3 cm³/mol. The molecule has 0 fully saturated rings. The van der Waals surface area contributed by atoms with Gasteiger partial charge in [0.15, 0.2) is 0 Å². The molecule has 2 rings (SSSR count). The zero-order valence-electron chi connectivity index (χ0n) is 13.2. The predicted octanol–water partition coefficient (Wildman–Crippen LogP) is 2.12. The Morgan fingerprint density at radius 3 is 2.54 bits per heavy atom. The van der Waals surface area contributed by atoms with Gasteiger partial charge in [-0.05, 0) is 30.2 Å². The molecule has 0 aromatic heterocycles. The first-order chi connectivity index (χ1) is 11.5.